The number of tetrazole rings is 1. The van der Waals surface area contributed by atoms with Gasteiger partial charge in [-0.15, -0.1) is 5.10 Å². The summed E-state index contributed by atoms with van der Waals surface area (Å²) in [5, 5.41) is 13.6. The minimum absolute atomic E-state index is 0.127. The molecule has 7 nitrogen and oxygen atoms in total. The molecule has 0 unspecified atom stereocenters. The summed E-state index contributed by atoms with van der Waals surface area (Å²) >= 11 is 0. The highest BCUT2D eigenvalue weighted by Crippen LogP contribution is 2.06. The zero-order chi connectivity index (χ0) is 11.4. The van der Waals surface area contributed by atoms with Crippen LogP contribution in [0.4, 0.5) is 5.95 Å². The molecule has 1 amide bonds. The fourth-order valence-corrected chi connectivity index (χ4v) is 1.04. The van der Waals surface area contributed by atoms with Crippen LogP contribution in [-0.2, 0) is 11.8 Å². The van der Waals surface area contributed by atoms with Crippen molar-refractivity contribution in [3.63, 3.8) is 0 Å². The van der Waals surface area contributed by atoms with Crippen molar-refractivity contribution in [3.8, 4) is 0 Å². The van der Waals surface area contributed by atoms with Crippen LogP contribution in [0.5, 0.6) is 0 Å². The Morgan fingerprint density at radius 1 is 1.67 bits per heavy atom. The van der Waals surface area contributed by atoms with Crippen molar-refractivity contribution in [1.29, 1.82) is 0 Å². The van der Waals surface area contributed by atoms with E-state index >= 15 is 0 Å². The molecular formula is C8H16N6O. The molecule has 1 rings (SSSR count). The van der Waals surface area contributed by atoms with Gasteiger partial charge in [-0.25, -0.2) is 0 Å². The van der Waals surface area contributed by atoms with Gasteiger partial charge < -0.3 is 5.73 Å². The van der Waals surface area contributed by atoms with Crippen molar-refractivity contribution >= 4 is 11.9 Å². The normalized spacial score (nSPS) is 14.7. The lowest BCUT2D eigenvalue weighted by atomic mass is 10.00. The van der Waals surface area contributed by atoms with Gasteiger partial charge in [0.15, 0.2) is 0 Å². The quantitative estimate of drug-likeness (QED) is 0.702. The Hall–Kier alpha value is -1.50. The summed E-state index contributed by atoms with van der Waals surface area (Å²) in [6.45, 7) is 3.91. The molecule has 1 heterocycles. The average molecular weight is 212 g/mol. The van der Waals surface area contributed by atoms with E-state index in [0.717, 1.165) is 6.42 Å². The molecule has 7 heteroatoms. The Balaban J connectivity index is 2.55. The van der Waals surface area contributed by atoms with Crippen LogP contribution in [0.2, 0.25) is 0 Å². The highest BCUT2D eigenvalue weighted by molar-refractivity contribution is 5.93. The number of amides is 1. The first-order chi connectivity index (χ1) is 7.04. The lowest BCUT2D eigenvalue weighted by Gasteiger charge is -2.16. The molecule has 3 N–H and O–H groups in total. The number of nitrogens with zero attached hydrogens (tertiary/aromatic N) is 4. The van der Waals surface area contributed by atoms with Gasteiger partial charge in [-0.05, 0) is 11.1 Å². The second kappa shape index (κ2) is 4.83. The van der Waals surface area contributed by atoms with Gasteiger partial charge in [0.2, 0.25) is 5.91 Å². The first kappa shape index (κ1) is 11.6. The van der Waals surface area contributed by atoms with E-state index in [1.54, 1.807) is 7.05 Å². The molecule has 0 spiro atoms. The van der Waals surface area contributed by atoms with Crippen LogP contribution in [0.3, 0.4) is 0 Å². The Morgan fingerprint density at radius 3 is 2.80 bits per heavy atom. The number of hydrogen-bond donors (Lipinski definition) is 2. The topological polar surface area (TPSA) is 98.7 Å². The molecule has 1 aromatic rings. The second-order valence-electron chi connectivity index (χ2n) is 3.50. The van der Waals surface area contributed by atoms with Gasteiger partial charge in [-0.3, -0.25) is 10.1 Å². The van der Waals surface area contributed by atoms with Crippen molar-refractivity contribution in [2.24, 2.45) is 18.7 Å². The van der Waals surface area contributed by atoms with Crippen molar-refractivity contribution in [2.75, 3.05) is 5.32 Å². The maximum absolute atomic E-state index is 11.6. The zero-order valence-corrected chi connectivity index (χ0v) is 9.14. The van der Waals surface area contributed by atoms with Crippen molar-refractivity contribution in [3.05, 3.63) is 0 Å². The lowest BCUT2D eigenvalue weighted by Crippen LogP contribution is -2.40. The van der Waals surface area contributed by atoms with Crippen LogP contribution in [0.15, 0.2) is 0 Å². The van der Waals surface area contributed by atoms with Gasteiger partial charge >= 0.3 is 0 Å². The molecular weight excluding hydrogens is 196 g/mol. The van der Waals surface area contributed by atoms with E-state index in [9.17, 15) is 4.79 Å². The van der Waals surface area contributed by atoms with E-state index in [1.807, 2.05) is 13.8 Å². The van der Waals surface area contributed by atoms with Gasteiger partial charge in [0.25, 0.3) is 5.95 Å². The highest BCUT2D eigenvalue weighted by atomic mass is 16.2. The van der Waals surface area contributed by atoms with Crippen molar-refractivity contribution < 1.29 is 4.79 Å². The minimum Gasteiger partial charge on any atom is -0.320 e. The third-order valence-electron chi connectivity index (χ3n) is 2.30. The van der Waals surface area contributed by atoms with Crippen molar-refractivity contribution in [1.82, 2.24) is 20.2 Å². The number of anilines is 1. The molecule has 0 aliphatic heterocycles. The molecule has 15 heavy (non-hydrogen) atoms. The van der Waals surface area contributed by atoms with Gasteiger partial charge in [-0.1, -0.05) is 25.4 Å². The SMILES string of the molecule is CC[C@H](C)[C@H](N)C(=O)Nc1nnn(C)n1. The molecule has 0 aliphatic carbocycles. The van der Waals surface area contributed by atoms with Gasteiger partial charge in [-0.2, -0.15) is 4.80 Å². The molecule has 0 bridgehead atoms. The van der Waals surface area contributed by atoms with E-state index in [2.05, 4.69) is 20.7 Å². The summed E-state index contributed by atoms with van der Waals surface area (Å²) in [5.41, 5.74) is 5.73. The molecule has 84 valence electrons. The summed E-state index contributed by atoms with van der Waals surface area (Å²) < 4.78 is 0. The summed E-state index contributed by atoms with van der Waals surface area (Å²) in [6.07, 6.45) is 0.850. The number of aryl methyl sites for hydroxylation is 1. The molecule has 1 aromatic heterocycles. The Morgan fingerprint density at radius 2 is 2.33 bits per heavy atom. The summed E-state index contributed by atoms with van der Waals surface area (Å²) in [7, 11) is 1.62. The number of carbonyl (C=O) groups is 1. The van der Waals surface area contributed by atoms with Gasteiger partial charge in [0.1, 0.15) is 0 Å². The van der Waals surface area contributed by atoms with Crippen LogP contribution in [0, 0.1) is 5.92 Å². The molecule has 0 radical (unpaired) electrons. The van der Waals surface area contributed by atoms with E-state index in [-0.39, 0.29) is 17.8 Å². The zero-order valence-electron chi connectivity index (χ0n) is 9.14. The molecule has 2 atom stereocenters. The number of hydrogen-bond acceptors (Lipinski definition) is 5. The fourth-order valence-electron chi connectivity index (χ4n) is 1.04. The Labute approximate surface area is 88.0 Å². The largest absolute Gasteiger partial charge is 0.320 e. The van der Waals surface area contributed by atoms with E-state index in [4.69, 9.17) is 5.73 Å². The highest BCUT2D eigenvalue weighted by Gasteiger charge is 2.20. The predicted octanol–water partition coefficient (Wildman–Crippen LogP) is -0.478. The lowest BCUT2D eigenvalue weighted by molar-refractivity contribution is -0.118. The van der Waals surface area contributed by atoms with Gasteiger partial charge in [0.05, 0.1) is 13.1 Å². The van der Waals surface area contributed by atoms with Gasteiger partial charge in [0, 0.05) is 0 Å². The number of rotatable bonds is 4. The number of aromatic nitrogens is 4. The second-order valence-corrected chi connectivity index (χ2v) is 3.50. The summed E-state index contributed by atoms with van der Waals surface area (Å²) in [6, 6.07) is -0.543. The van der Waals surface area contributed by atoms with Crippen LogP contribution < -0.4 is 11.1 Å². The first-order valence-corrected chi connectivity index (χ1v) is 4.85. The van der Waals surface area contributed by atoms with E-state index < -0.39 is 6.04 Å². The minimum atomic E-state index is -0.543. The fraction of sp³-hybridized carbons (Fsp3) is 0.750. The van der Waals surface area contributed by atoms with Crippen LogP contribution in [-0.4, -0.2) is 32.2 Å². The van der Waals surface area contributed by atoms with Crippen LogP contribution in [0.25, 0.3) is 0 Å². The molecule has 0 saturated heterocycles. The number of carbonyl (C=O) groups excluding carboxylic acids is 1. The number of nitrogens with one attached hydrogen (secondary N) is 1. The standard InChI is InChI=1S/C8H16N6O/c1-4-5(2)6(9)7(15)10-8-11-13-14(3)12-8/h5-6H,4,9H2,1-3H3,(H,10,12,15)/t5-,6-/m0/s1. The maximum Gasteiger partial charge on any atom is 0.270 e. The first-order valence-electron chi connectivity index (χ1n) is 4.85. The smallest absolute Gasteiger partial charge is 0.270 e. The van der Waals surface area contributed by atoms with Crippen molar-refractivity contribution in [2.45, 2.75) is 26.3 Å². The third kappa shape index (κ3) is 2.98. The Kier molecular flexibility index (Phi) is 3.73. The Bertz CT molecular complexity index is 336. The third-order valence-corrected chi connectivity index (χ3v) is 2.30. The van der Waals surface area contributed by atoms with Crippen LogP contribution in [0.1, 0.15) is 20.3 Å². The molecule has 0 aromatic carbocycles. The monoisotopic (exact) mass is 212 g/mol. The average Bonchev–Trinajstić information content (AvgIpc) is 2.61. The maximum atomic E-state index is 11.6. The van der Waals surface area contributed by atoms with Crippen LogP contribution >= 0.6 is 0 Å². The molecule has 0 aliphatic rings. The summed E-state index contributed by atoms with van der Waals surface area (Å²) in [4.78, 5) is 12.8. The summed E-state index contributed by atoms with van der Waals surface area (Å²) in [5.74, 6) is 0.0280. The molecule has 0 saturated carbocycles. The molecule has 0 fully saturated rings. The van der Waals surface area contributed by atoms with E-state index in [1.165, 1.54) is 4.80 Å². The number of nitrogens with two attached hydrogens (primary N) is 1. The predicted molar refractivity (Wildman–Crippen MR) is 54.9 cm³/mol. The van der Waals surface area contributed by atoms with E-state index in [0.29, 0.717) is 0 Å².